The van der Waals surface area contributed by atoms with Gasteiger partial charge in [-0.15, -0.1) is 0 Å². The maximum Gasteiger partial charge on any atom is 2.00 e. The van der Waals surface area contributed by atoms with Crippen molar-refractivity contribution in [2.24, 2.45) is 0 Å². The normalized spacial score (nSPS) is 9.67. The summed E-state index contributed by atoms with van der Waals surface area (Å²) in [5, 5.41) is 0. The van der Waals surface area contributed by atoms with Crippen LogP contribution in [0.15, 0.2) is 0 Å². The number of hydrogen-bond donors (Lipinski definition) is 0. The second kappa shape index (κ2) is 9.48. The second-order valence-corrected chi connectivity index (χ2v) is 4.57. The van der Waals surface area contributed by atoms with E-state index in [1.165, 1.54) is 0 Å². The van der Waals surface area contributed by atoms with Gasteiger partial charge in [-0.05, 0) is 0 Å². The average Bonchev–Trinajstić information content (AvgIpc) is 1.12. The second-order valence-electron chi connectivity index (χ2n) is 0.816. The summed E-state index contributed by atoms with van der Waals surface area (Å²) < 4.78 is 68.7. The first kappa shape index (κ1) is 23.6. The third-order valence-electron chi connectivity index (χ3n) is 0. The van der Waals surface area contributed by atoms with Crippen LogP contribution in [-0.4, -0.2) is 72.1 Å². The van der Waals surface area contributed by atoms with Gasteiger partial charge in [-0.2, -0.15) is 0 Å². The molecule has 0 spiro atoms. The molecule has 4 radical (unpaired) electrons. The Morgan fingerprint density at radius 3 is 0.917 bits per heavy atom. The smallest absolute Gasteiger partial charge is 2.00 e. The molecule has 0 aliphatic heterocycles. The van der Waals surface area contributed by atoms with Crippen LogP contribution in [0.25, 0.3) is 0 Å². The summed E-state index contributed by atoms with van der Waals surface area (Å²) in [6.45, 7) is 0. The Bertz CT molecular complexity index is 213. The van der Waals surface area contributed by atoms with Gasteiger partial charge in [-0.25, -0.2) is 0 Å². The zero-order chi connectivity index (χ0) is 9.00. The molecule has 0 saturated heterocycles. The van der Waals surface area contributed by atoms with Crippen molar-refractivity contribution in [1.29, 1.82) is 0 Å². The maximum absolute atomic E-state index is 8.65. The van der Waals surface area contributed by atoms with Gasteiger partial charge in [0.25, 0.3) is 0 Å². The molecule has 0 unspecified atom stereocenters. The van der Waals surface area contributed by atoms with E-state index >= 15 is 0 Å². The zero-order valence-electron chi connectivity index (χ0n) is 5.08. The van der Waals surface area contributed by atoms with Crippen molar-refractivity contribution >= 4 is 65.0 Å². The Kier molecular flexibility index (Phi) is 18.6. The molecule has 12 heavy (non-hydrogen) atoms. The van der Waals surface area contributed by atoms with Crippen molar-refractivity contribution < 1.29 is 48.6 Å². The van der Waals surface area contributed by atoms with E-state index in [2.05, 4.69) is 0 Å². The standard InChI is InChI=1S/H2O4S.4O.2Pb.W/c1-5(2,3)4;;;;;;;/h(H2,1,2,3,4);;;;;;;/q;;;2*-1;2*+2;/p-2. The molecule has 0 aromatic rings. The van der Waals surface area contributed by atoms with Crippen LogP contribution in [0.2, 0.25) is 0 Å². The van der Waals surface area contributed by atoms with Crippen molar-refractivity contribution in [3.8, 4) is 0 Å². The van der Waals surface area contributed by atoms with E-state index < -0.39 is 27.1 Å². The third kappa shape index (κ3) is 385. The molecule has 68 valence electrons. The van der Waals surface area contributed by atoms with Gasteiger partial charge in [0.05, 0.1) is 0 Å². The van der Waals surface area contributed by atoms with Crippen LogP contribution in [0.4, 0.5) is 0 Å². The topological polar surface area (TPSA) is 161 Å². The van der Waals surface area contributed by atoms with Crippen LogP contribution in [-0.2, 0) is 33.9 Å². The average molecular weight is 758 g/mol. The monoisotopic (exact) mass is 760 g/mol. The Labute approximate surface area is 112 Å². The van der Waals surface area contributed by atoms with Gasteiger partial charge in [-0.1, -0.05) is 0 Å². The SMILES string of the molecule is O=S(=O)([O-])[O-].[O]=[W](=[O])([O-])[O-].[Pb+2].[Pb+2]. The molecule has 0 bridgehead atoms. The minimum Gasteiger partial charge on any atom is 2.00 e. The Hall–Kier alpha value is 1.92. The van der Waals surface area contributed by atoms with Gasteiger partial charge >= 0.3 is 85.7 Å². The van der Waals surface area contributed by atoms with Crippen molar-refractivity contribution in [1.82, 2.24) is 0 Å². The molecule has 0 heterocycles. The summed E-state index contributed by atoms with van der Waals surface area (Å²) in [7, 11) is -5.17. The molecule has 0 fully saturated rings. The van der Waals surface area contributed by atoms with Crippen LogP contribution >= 0.6 is 0 Å². The predicted octanol–water partition coefficient (Wildman–Crippen LogP) is -4.72. The first-order chi connectivity index (χ1) is 4.00. The van der Waals surface area contributed by atoms with E-state index in [0.717, 1.165) is 0 Å². The van der Waals surface area contributed by atoms with Gasteiger partial charge in [0.1, 0.15) is 0 Å². The molecule has 0 rings (SSSR count). The van der Waals surface area contributed by atoms with Crippen molar-refractivity contribution in [2.45, 2.75) is 0 Å². The quantitative estimate of drug-likeness (QED) is 0.135. The predicted molar refractivity (Wildman–Crippen MR) is 23.4 cm³/mol. The molecule has 0 N–H and O–H groups in total. The van der Waals surface area contributed by atoms with Crippen molar-refractivity contribution in [3.63, 3.8) is 0 Å². The molecule has 12 heteroatoms. The molecule has 0 aromatic carbocycles. The fourth-order valence-corrected chi connectivity index (χ4v) is 0. The molecule has 0 aliphatic carbocycles. The molecule has 8 nitrogen and oxygen atoms in total. The van der Waals surface area contributed by atoms with Gasteiger partial charge in [0, 0.05) is 10.4 Å². The minimum atomic E-state index is -6.17. The van der Waals surface area contributed by atoms with E-state index in [0.29, 0.717) is 0 Å². The summed E-state index contributed by atoms with van der Waals surface area (Å²) in [5.41, 5.74) is 0. The van der Waals surface area contributed by atoms with E-state index in [-0.39, 0.29) is 54.6 Å². The number of rotatable bonds is 0. The summed E-state index contributed by atoms with van der Waals surface area (Å²) in [5.74, 6) is 0. The molecule has 0 amide bonds. The Morgan fingerprint density at radius 2 is 0.917 bits per heavy atom. The van der Waals surface area contributed by atoms with Crippen LogP contribution in [0, 0.1) is 0 Å². The fraction of sp³-hybridized carbons (Fsp3) is 0. The molecular weight excluding hydrogens is 758 g/mol. The third-order valence-corrected chi connectivity index (χ3v) is 0. The van der Waals surface area contributed by atoms with Crippen LogP contribution in [0.1, 0.15) is 0 Å². The van der Waals surface area contributed by atoms with Gasteiger partial charge in [0.15, 0.2) is 0 Å². The summed E-state index contributed by atoms with van der Waals surface area (Å²) in [6, 6.07) is 0. The molecule has 0 aromatic heterocycles. The van der Waals surface area contributed by atoms with Crippen LogP contribution in [0.5, 0.6) is 0 Å². The number of hydrogen-bond acceptors (Lipinski definition) is 8. The van der Waals surface area contributed by atoms with Crippen LogP contribution in [0.3, 0.4) is 0 Å². The van der Waals surface area contributed by atoms with E-state index in [9.17, 15) is 0 Å². The minimum absolute atomic E-state index is 0. The van der Waals surface area contributed by atoms with E-state index in [4.69, 9.17) is 31.8 Å². The van der Waals surface area contributed by atoms with Gasteiger partial charge < -0.3 is 9.11 Å². The van der Waals surface area contributed by atoms with E-state index in [1.54, 1.807) is 0 Å². The Morgan fingerprint density at radius 1 is 0.917 bits per heavy atom. The van der Waals surface area contributed by atoms with Crippen LogP contribution < -0.4 is 7.52 Å². The van der Waals surface area contributed by atoms with Gasteiger partial charge in [0.2, 0.25) is 0 Å². The molecule has 0 saturated carbocycles. The Balaban J connectivity index is -0.0000000457. The summed E-state index contributed by atoms with van der Waals surface area (Å²) >= 11 is -6.17. The maximum atomic E-state index is 8.65. The summed E-state index contributed by atoms with van der Waals surface area (Å²) in [4.78, 5) is 0. The molecule has 0 aliphatic rings. The van der Waals surface area contributed by atoms with Gasteiger partial charge in [-0.3, -0.25) is 8.42 Å². The largest absolute Gasteiger partial charge is 2.00 e. The molecular formula is O8Pb2SW. The van der Waals surface area contributed by atoms with Crippen molar-refractivity contribution in [3.05, 3.63) is 0 Å². The first-order valence-corrected chi connectivity index (χ1v) is 7.46. The zero-order valence-corrected chi connectivity index (χ0v) is 16.6. The summed E-state index contributed by atoms with van der Waals surface area (Å²) in [6.07, 6.45) is 0. The first-order valence-electron chi connectivity index (χ1n) is 1.33. The van der Waals surface area contributed by atoms with Crippen molar-refractivity contribution in [2.75, 3.05) is 0 Å². The fourth-order valence-electron chi connectivity index (χ4n) is 0. The molecule has 0 atom stereocenters. The van der Waals surface area contributed by atoms with E-state index in [1.807, 2.05) is 0 Å².